The van der Waals surface area contributed by atoms with Crippen molar-refractivity contribution < 1.29 is 9.47 Å². The molecule has 1 heterocycles. The van der Waals surface area contributed by atoms with Crippen LogP contribution in [0.15, 0.2) is 23.8 Å². The number of hydrogen-bond donors (Lipinski definition) is 0. The molecule has 0 atom stereocenters. The third kappa shape index (κ3) is 2.80. The minimum atomic E-state index is 0.294. The van der Waals surface area contributed by atoms with Crippen LogP contribution in [0.2, 0.25) is 10.0 Å². The van der Waals surface area contributed by atoms with Gasteiger partial charge in [-0.3, -0.25) is 0 Å². The summed E-state index contributed by atoms with van der Waals surface area (Å²) in [6.45, 7) is 0. The van der Waals surface area contributed by atoms with E-state index in [-0.39, 0.29) is 0 Å². The molecular formula is C11H10Cl2N4O2. The largest absolute Gasteiger partial charge is 0.494 e. The Balaban J connectivity index is 2.45. The number of methoxy groups -OCH3 is 2. The van der Waals surface area contributed by atoms with Crippen molar-refractivity contribution in [1.29, 1.82) is 0 Å². The molecule has 1 aromatic carbocycles. The molecule has 0 radical (unpaired) electrons. The molecule has 8 heteroatoms. The smallest absolute Gasteiger partial charge is 0.159 e. The molecule has 0 aliphatic heterocycles. The van der Waals surface area contributed by atoms with Gasteiger partial charge in [0.15, 0.2) is 5.75 Å². The maximum atomic E-state index is 6.15. The summed E-state index contributed by atoms with van der Waals surface area (Å²) < 4.78 is 11.8. The third-order valence-electron chi connectivity index (χ3n) is 2.30. The zero-order valence-corrected chi connectivity index (χ0v) is 11.7. The Bertz CT molecular complexity index is 599. The molecule has 2 rings (SSSR count). The van der Waals surface area contributed by atoms with E-state index in [2.05, 4.69) is 15.3 Å². The molecule has 0 fully saturated rings. The first kappa shape index (κ1) is 13.6. The van der Waals surface area contributed by atoms with E-state index in [1.807, 2.05) is 0 Å². The number of rotatable bonds is 4. The zero-order chi connectivity index (χ0) is 13.8. The van der Waals surface area contributed by atoms with Gasteiger partial charge < -0.3 is 9.47 Å². The van der Waals surface area contributed by atoms with E-state index in [1.165, 1.54) is 31.6 Å². The van der Waals surface area contributed by atoms with Gasteiger partial charge in [-0.25, -0.2) is 4.68 Å². The highest BCUT2D eigenvalue weighted by atomic mass is 35.5. The molecule has 19 heavy (non-hydrogen) atoms. The predicted octanol–water partition coefficient (Wildman–Crippen LogP) is 2.48. The Kier molecular flexibility index (Phi) is 4.24. The number of ether oxygens (including phenoxy) is 2. The van der Waals surface area contributed by atoms with E-state index in [0.29, 0.717) is 27.1 Å². The molecule has 0 aliphatic carbocycles. The topological polar surface area (TPSA) is 61.5 Å². The second kappa shape index (κ2) is 5.90. The number of hydrogen-bond acceptors (Lipinski definition) is 5. The normalized spacial score (nSPS) is 10.9. The molecule has 0 bridgehead atoms. The Hall–Kier alpha value is -1.79. The van der Waals surface area contributed by atoms with Crippen LogP contribution in [0.25, 0.3) is 0 Å². The molecule has 0 N–H and O–H groups in total. The first-order valence-corrected chi connectivity index (χ1v) is 5.92. The van der Waals surface area contributed by atoms with Gasteiger partial charge in [0.25, 0.3) is 0 Å². The molecule has 6 nitrogen and oxygen atoms in total. The summed E-state index contributed by atoms with van der Waals surface area (Å²) >= 11 is 12.2. The van der Waals surface area contributed by atoms with Gasteiger partial charge in [0, 0.05) is 5.56 Å². The molecular weight excluding hydrogens is 291 g/mol. The van der Waals surface area contributed by atoms with Crippen LogP contribution in [0.1, 0.15) is 5.56 Å². The van der Waals surface area contributed by atoms with Gasteiger partial charge in [-0.15, -0.1) is 10.2 Å². The quantitative estimate of drug-likeness (QED) is 0.814. The van der Waals surface area contributed by atoms with Crippen LogP contribution in [0.4, 0.5) is 0 Å². The second-order valence-corrected chi connectivity index (χ2v) is 4.20. The molecule has 2 aromatic rings. The van der Waals surface area contributed by atoms with Crippen LogP contribution < -0.4 is 9.47 Å². The Morgan fingerprint density at radius 2 is 1.79 bits per heavy atom. The summed E-state index contributed by atoms with van der Waals surface area (Å²) in [5.74, 6) is 0.793. The highest BCUT2D eigenvalue weighted by molar-refractivity contribution is 6.38. The van der Waals surface area contributed by atoms with Gasteiger partial charge in [-0.1, -0.05) is 23.2 Å². The van der Waals surface area contributed by atoms with Crippen LogP contribution in [-0.4, -0.2) is 35.3 Å². The van der Waals surface area contributed by atoms with Gasteiger partial charge >= 0.3 is 0 Å². The van der Waals surface area contributed by atoms with Crippen LogP contribution in [0.3, 0.4) is 0 Å². The molecule has 0 spiro atoms. The average Bonchev–Trinajstić information content (AvgIpc) is 2.89. The van der Waals surface area contributed by atoms with Crippen molar-refractivity contribution in [3.63, 3.8) is 0 Å². The van der Waals surface area contributed by atoms with Crippen molar-refractivity contribution in [3.8, 4) is 11.5 Å². The van der Waals surface area contributed by atoms with E-state index < -0.39 is 0 Å². The maximum Gasteiger partial charge on any atom is 0.159 e. The maximum absolute atomic E-state index is 6.15. The van der Waals surface area contributed by atoms with Crippen molar-refractivity contribution in [2.45, 2.75) is 0 Å². The lowest BCUT2D eigenvalue weighted by Crippen LogP contribution is -1.97. The predicted molar refractivity (Wildman–Crippen MR) is 72.6 cm³/mol. The molecule has 0 saturated carbocycles. The molecule has 100 valence electrons. The van der Waals surface area contributed by atoms with E-state index in [1.54, 1.807) is 12.3 Å². The molecule has 0 unspecified atom stereocenters. The van der Waals surface area contributed by atoms with Gasteiger partial charge in [-0.05, 0) is 6.07 Å². The lowest BCUT2D eigenvalue weighted by molar-refractivity contribution is 0.394. The van der Waals surface area contributed by atoms with Crippen molar-refractivity contribution >= 4 is 29.4 Å². The third-order valence-corrected chi connectivity index (χ3v) is 2.93. The standard InChI is InChI=1S/C11H10Cl2N4O2/c1-18-10-7(4-16-17-5-14-15-6-17)3-8(12)11(19-2)9(10)13/h3-6H,1-2H3/b16-4-. The zero-order valence-electron chi connectivity index (χ0n) is 10.2. The SMILES string of the molecule is COc1c(Cl)cc(/C=N\n2cnnc2)c(OC)c1Cl. The number of nitrogens with zero attached hydrogens (tertiary/aromatic N) is 4. The van der Waals surface area contributed by atoms with Crippen LogP contribution in [0, 0.1) is 0 Å². The summed E-state index contributed by atoms with van der Waals surface area (Å²) in [4.78, 5) is 0. The highest BCUT2D eigenvalue weighted by Crippen LogP contribution is 2.41. The van der Waals surface area contributed by atoms with Crippen LogP contribution in [0.5, 0.6) is 11.5 Å². The van der Waals surface area contributed by atoms with Gasteiger partial charge in [0.05, 0.1) is 25.5 Å². The van der Waals surface area contributed by atoms with Crippen molar-refractivity contribution in [3.05, 3.63) is 34.3 Å². The number of halogens is 2. The fourth-order valence-corrected chi connectivity index (χ4v) is 2.18. The van der Waals surface area contributed by atoms with Crippen molar-refractivity contribution in [1.82, 2.24) is 14.9 Å². The lowest BCUT2D eigenvalue weighted by Gasteiger charge is -2.12. The lowest BCUT2D eigenvalue weighted by atomic mass is 10.2. The Labute approximate surface area is 119 Å². The van der Waals surface area contributed by atoms with Gasteiger partial charge in [-0.2, -0.15) is 5.10 Å². The minimum Gasteiger partial charge on any atom is -0.494 e. The average molecular weight is 301 g/mol. The fraction of sp³-hybridized carbons (Fsp3) is 0.182. The van der Waals surface area contributed by atoms with Gasteiger partial charge in [0.2, 0.25) is 0 Å². The molecule has 0 amide bonds. The Morgan fingerprint density at radius 1 is 1.16 bits per heavy atom. The first-order valence-electron chi connectivity index (χ1n) is 5.16. The first-order chi connectivity index (χ1) is 9.17. The highest BCUT2D eigenvalue weighted by Gasteiger charge is 2.16. The Morgan fingerprint density at radius 3 is 2.37 bits per heavy atom. The van der Waals surface area contributed by atoms with E-state index in [0.717, 1.165) is 0 Å². The van der Waals surface area contributed by atoms with Crippen LogP contribution >= 0.6 is 23.2 Å². The van der Waals surface area contributed by atoms with Crippen molar-refractivity contribution in [2.24, 2.45) is 5.10 Å². The van der Waals surface area contributed by atoms with Crippen LogP contribution in [-0.2, 0) is 0 Å². The summed E-state index contributed by atoms with van der Waals surface area (Å²) in [6.07, 6.45) is 4.45. The summed E-state index contributed by atoms with van der Waals surface area (Å²) in [7, 11) is 2.99. The molecule has 0 saturated heterocycles. The van der Waals surface area contributed by atoms with E-state index in [4.69, 9.17) is 32.7 Å². The molecule has 0 aliphatic rings. The van der Waals surface area contributed by atoms with E-state index >= 15 is 0 Å². The number of benzene rings is 1. The minimum absolute atomic E-state index is 0.294. The molecule has 1 aromatic heterocycles. The van der Waals surface area contributed by atoms with E-state index in [9.17, 15) is 0 Å². The summed E-state index contributed by atoms with van der Waals surface area (Å²) in [5, 5.41) is 12.0. The van der Waals surface area contributed by atoms with Crippen molar-refractivity contribution in [2.75, 3.05) is 14.2 Å². The fourth-order valence-electron chi connectivity index (χ4n) is 1.48. The second-order valence-electron chi connectivity index (χ2n) is 3.41. The summed E-state index contributed by atoms with van der Waals surface area (Å²) in [5.41, 5.74) is 0.618. The summed E-state index contributed by atoms with van der Waals surface area (Å²) in [6, 6.07) is 1.65. The monoisotopic (exact) mass is 300 g/mol. The number of aromatic nitrogens is 3. The van der Waals surface area contributed by atoms with Gasteiger partial charge in [0.1, 0.15) is 23.4 Å².